The SMILES string of the molecule is C=Cc1c(C=C)c(/C=C\C)n(-c2ccc3oc4ccc(-n5c(C=N)c(C=C)c(C=C)c5/C=C\C)cc4c3c2)c1C=C. The Morgan fingerprint density at radius 3 is 1.39 bits per heavy atom. The third kappa shape index (κ3) is 4.12. The van der Waals surface area contributed by atoms with Gasteiger partial charge in [-0.25, -0.2) is 0 Å². The zero-order valence-corrected chi connectivity index (χ0v) is 23.6. The third-order valence-corrected chi connectivity index (χ3v) is 7.40. The first-order valence-corrected chi connectivity index (χ1v) is 13.4. The van der Waals surface area contributed by atoms with Crippen LogP contribution in [-0.2, 0) is 0 Å². The molecule has 1 N–H and O–H groups in total. The van der Waals surface area contributed by atoms with Crippen LogP contribution in [-0.4, -0.2) is 15.3 Å². The van der Waals surface area contributed by atoms with E-state index in [9.17, 15) is 0 Å². The maximum Gasteiger partial charge on any atom is 0.135 e. The monoisotopic (exact) mass is 535 g/mol. The quantitative estimate of drug-likeness (QED) is 0.178. The van der Waals surface area contributed by atoms with Gasteiger partial charge in [-0.3, -0.25) is 0 Å². The first-order valence-electron chi connectivity index (χ1n) is 13.4. The Labute approximate surface area is 241 Å². The predicted octanol–water partition coefficient (Wildman–Crippen LogP) is 10.4. The summed E-state index contributed by atoms with van der Waals surface area (Å²) in [5.74, 6) is 0. The van der Waals surface area contributed by atoms with Crippen molar-refractivity contribution in [2.24, 2.45) is 0 Å². The van der Waals surface area contributed by atoms with E-state index in [1.54, 1.807) is 6.08 Å². The molecule has 202 valence electrons. The van der Waals surface area contributed by atoms with Crippen LogP contribution in [0.25, 0.3) is 75.8 Å². The molecule has 0 fully saturated rings. The molecule has 2 aromatic carbocycles. The van der Waals surface area contributed by atoms with E-state index in [4.69, 9.17) is 9.83 Å². The molecule has 41 heavy (non-hydrogen) atoms. The van der Waals surface area contributed by atoms with Crippen molar-refractivity contribution in [2.75, 3.05) is 0 Å². The van der Waals surface area contributed by atoms with Gasteiger partial charge in [0, 0.05) is 50.6 Å². The van der Waals surface area contributed by atoms with Crippen molar-refractivity contribution in [1.29, 1.82) is 5.41 Å². The van der Waals surface area contributed by atoms with Crippen LogP contribution in [0.3, 0.4) is 0 Å². The van der Waals surface area contributed by atoms with E-state index < -0.39 is 0 Å². The van der Waals surface area contributed by atoms with Crippen LogP contribution >= 0.6 is 0 Å². The molecule has 3 heterocycles. The van der Waals surface area contributed by atoms with Gasteiger partial charge in [-0.2, -0.15) is 0 Å². The number of rotatable bonds is 10. The fourth-order valence-electron chi connectivity index (χ4n) is 5.73. The van der Waals surface area contributed by atoms with Crippen molar-refractivity contribution in [3.8, 4) is 11.4 Å². The average molecular weight is 536 g/mol. The topological polar surface area (TPSA) is 46.9 Å². The number of nitrogens with zero attached hydrogens (tertiary/aromatic N) is 2. The number of allylic oxidation sites excluding steroid dienone is 2. The van der Waals surface area contributed by atoms with Crippen LogP contribution in [0, 0.1) is 5.41 Å². The Morgan fingerprint density at radius 2 is 1.00 bits per heavy atom. The van der Waals surface area contributed by atoms with Gasteiger partial charge < -0.3 is 19.0 Å². The van der Waals surface area contributed by atoms with Crippen molar-refractivity contribution < 1.29 is 4.42 Å². The number of hydrogen-bond acceptors (Lipinski definition) is 2. The second-order valence-corrected chi connectivity index (χ2v) is 9.49. The maximum atomic E-state index is 8.23. The lowest BCUT2D eigenvalue weighted by Gasteiger charge is -2.12. The van der Waals surface area contributed by atoms with Gasteiger partial charge in [-0.05, 0) is 68.5 Å². The Bertz CT molecular complexity index is 1820. The minimum atomic E-state index is 0.740. The van der Waals surface area contributed by atoms with Crippen molar-refractivity contribution in [1.82, 2.24) is 9.13 Å². The third-order valence-electron chi connectivity index (χ3n) is 7.40. The van der Waals surface area contributed by atoms with E-state index in [0.29, 0.717) is 0 Å². The first-order chi connectivity index (χ1) is 20.0. The number of nitrogens with one attached hydrogen (secondary N) is 1. The highest BCUT2D eigenvalue weighted by Crippen LogP contribution is 2.37. The second-order valence-electron chi connectivity index (χ2n) is 9.49. The maximum absolute atomic E-state index is 8.23. The molecule has 0 radical (unpaired) electrons. The standard InChI is InChI=1S/C37H33N3O/c1-8-15-33-27(11-4)26(10-3)32(14-7)39(33)24-17-19-36-30(21-24)31-22-25(18-20-37(31)41-36)40-34(16-9-2)28(12-5)29(13-6)35(40)23-38/h8-23,38H,3-7H2,1-2H3/b15-8-,16-9-,38-23?. The zero-order chi connectivity index (χ0) is 29.3. The molecule has 5 aromatic rings. The first kappa shape index (κ1) is 27.2. The molecule has 4 heteroatoms. The summed E-state index contributed by atoms with van der Waals surface area (Å²) in [6.07, 6.45) is 18.7. The summed E-state index contributed by atoms with van der Waals surface area (Å²) >= 11 is 0. The summed E-state index contributed by atoms with van der Waals surface area (Å²) in [5.41, 5.74) is 10.9. The molecule has 0 saturated carbocycles. The smallest absolute Gasteiger partial charge is 0.135 e. The molecule has 0 spiro atoms. The number of aromatic nitrogens is 2. The summed E-state index contributed by atoms with van der Waals surface area (Å²) in [5, 5.41) is 10.2. The molecule has 3 aromatic heterocycles. The Kier molecular flexibility index (Phi) is 7.32. The van der Waals surface area contributed by atoms with Crippen LogP contribution in [0.4, 0.5) is 0 Å². The van der Waals surface area contributed by atoms with E-state index in [-0.39, 0.29) is 0 Å². The van der Waals surface area contributed by atoms with Crippen LogP contribution in [0.2, 0.25) is 0 Å². The minimum Gasteiger partial charge on any atom is -0.456 e. The van der Waals surface area contributed by atoms with Crippen LogP contribution in [0.15, 0.2) is 85.9 Å². The van der Waals surface area contributed by atoms with Gasteiger partial charge in [0.2, 0.25) is 0 Å². The summed E-state index contributed by atoms with van der Waals surface area (Å²) < 4.78 is 10.5. The lowest BCUT2D eigenvalue weighted by Crippen LogP contribution is -2.02. The van der Waals surface area contributed by atoms with Crippen LogP contribution in [0.5, 0.6) is 0 Å². The van der Waals surface area contributed by atoms with Crippen molar-refractivity contribution in [2.45, 2.75) is 13.8 Å². The van der Waals surface area contributed by atoms with Crippen LogP contribution in [0.1, 0.15) is 58.9 Å². The largest absolute Gasteiger partial charge is 0.456 e. The number of fused-ring (bicyclic) bond motifs is 3. The lowest BCUT2D eigenvalue weighted by atomic mass is 10.1. The van der Waals surface area contributed by atoms with Gasteiger partial charge in [-0.15, -0.1) is 0 Å². The summed E-state index contributed by atoms with van der Waals surface area (Å²) in [6, 6.07) is 12.3. The zero-order valence-electron chi connectivity index (χ0n) is 23.6. The van der Waals surface area contributed by atoms with Crippen molar-refractivity contribution >= 4 is 70.7 Å². The normalized spacial score (nSPS) is 11.6. The number of hydrogen-bond donors (Lipinski definition) is 1. The Balaban J connectivity index is 1.82. The molecule has 0 saturated heterocycles. The molecule has 0 atom stereocenters. The van der Waals surface area contributed by atoms with Gasteiger partial charge in [0.1, 0.15) is 11.2 Å². The van der Waals surface area contributed by atoms with Crippen molar-refractivity contribution in [3.63, 3.8) is 0 Å². The summed E-state index contributed by atoms with van der Waals surface area (Å²) in [4.78, 5) is 0. The molecular formula is C37H33N3O. The lowest BCUT2D eigenvalue weighted by molar-refractivity contribution is 0.668. The molecule has 5 rings (SSSR count). The van der Waals surface area contributed by atoms with Gasteiger partial charge >= 0.3 is 0 Å². The van der Waals surface area contributed by atoms with Crippen molar-refractivity contribution in [3.05, 3.63) is 126 Å². The number of benzene rings is 2. The molecule has 0 aliphatic rings. The van der Waals surface area contributed by atoms with E-state index in [1.807, 2.05) is 74.6 Å². The van der Waals surface area contributed by atoms with Gasteiger partial charge in [0.25, 0.3) is 0 Å². The minimum absolute atomic E-state index is 0.740. The van der Waals surface area contributed by atoms with Gasteiger partial charge in [0.15, 0.2) is 0 Å². The Morgan fingerprint density at radius 1 is 0.585 bits per heavy atom. The molecular weight excluding hydrogens is 502 g/mol. The molecule has 0 bridgehead atoms. The number of furan rings is 1. The van der Waals surface area contributed by atoms with E-state index >= 15 is 0 Å². The highest BCUT2D eigenvalue weighted by atomic mass is 16.3. The highest BCUT2D eigenvalue weighted by molar-refractivity contribution is 6.06. The van der Waals surface area contributed by atoms with E-state index in [0.717, 1.165) is 78.3 Å². The summed E-state index contributed by atoms with van der Waals surface area (Å²) in [7, 11) is 0. The van der Waals surface area contributed by atoms with Gasteiger partial charge in [0.05, 0.1) is 22.8 Å². The fraction of sp³-hybridized carbons (Fsp3) is 0.0541. The summed E-state index contributed by atoms with van der Waals surface area (Å²) in [6.45, 7) is 24.2. The predicted molar refractivity (Wildman–Crippen MR) is 180 cm³/mol. The average Bonchev–Trinajstić information content (AvgIpc) is 3.62. The van der Waals surface area contributed by atoms with Crippen LogP contribution < -0.4 is 0 Å². The molecule has 0 amide bonds. The molecule has 0 aliphatic carbocycles. The highest BCUT2D eigenvalue weighted by Gasteiger charge is 2.21. The molecule has 4 nitrogen and oxygen atoms in total. The molecule has 0 unspecified atom stereocenters. The Hall–Kier alpha value is -5.35. The molecule has 0 aliphatic heterocycles. The second kappa shape index (κ2) is 11.0. The van der Waals surface area contributed by atoms with E-state index in [2.05, 4.69) is 66.3 Å². The fourth-order valence-corrected chi connectivity index (χ4v) is 5.73. The van der Waals surface area contributed by atoms with E-state index in [1.165, 1.54) is 6.21 Å². The van der Waals surface area contributed by atoms with Gasteiger partial charge in [-0.1, -0.05) is 69.4 Å².